The van der Waals surface area contributed by atoms with E-state index in [2.05, 4.69) is 5.32 Å². The highest BCUT2D eigenvalue weighted by atomic mass is 16.5. The molecule has 0 aromatic heterocycles. The second-order valence-electron chi connectivity index (χ2n) is 6.94. The Labute approximate surface area is 154 Å². The summed E-state index contributed by atoms with van der Waals surface area (Å²) in [5.41, 5.74) is 0.0529. The summed E-state index contributed by atoms with van der Waals surface area (Å²) < 4.78 is 10.4. The summed E-state index contributed by atoms with van der Waals surface area (Å²) in [5, 5.41) is 23.0. The molecule has 1 aliphatic rings. The molecule has 7 nitrogen and oxygen atoms in total. The van der Waals surface area contributed by atoms with Crippen molar-refractivity contribution in [3.8, 4) is 11.5 Å². The van der Waals surface area contributed by atoms with Gasteiger partial charge in [0, 0.05) is 42.4 Å². The number of anilines is 1. The molecule has 1 saturated heterocycles. The Bertz CT molecular complexity index is 587. The third-order valence-corrected chi connectivity index (χ3v) is 5.03. The molecule has 1 fully saturated rings. The van der Waals surface area contributed by atoms with E-state index in [-0.39, 0.29) is 19.1 Å². The Morgan fingerprint density at radius 3 is 2.50 bits per heavy atom. The van der Waals surface area contributed by atoms with Crippen LogP contribution in [-0.4, -0.2) is 67.6 Å². The number of piperidine rings is 1. The number of methoxy groups -OCH3 is 2. The van der Waals surface area contributed by atoms with E-state index in [0.717, 1.165) is 12.8 Å². The van der Waals surface area contributed by atoms with Gasteiger partial charge < -0.3 is 25.0 Å². The lowest BCUT2D eigenvalue weighted by Crippen LogP contribution is -2.55. The lowest BCUT2D eigenvalue weighted by Gasteiger charge is -2.45. The standard InChI is InChI=1S/C19H30N2O5/c1-4-6-19(13-22)12-21(7-5-17(19)23)11-18(24)20-14-8-15(25-2)10-16(9-14)26-3/h8-10,17,22-23H,4-7,11-13H2,1-3H3,(H,20,24)/t17-,19+/m0/s1. The average Bonchev–Trinajstić information content (AvgIpc) is 2.64. The number of hydrogen-bond acceptors (Lipinski definition) is 6. The van der Waals surface area contributed by atoms with Gasteiger partial charge in [-0.2, -0.15) is 0 Å². The fourth-order valence-corrected chi connectivity index (χ4v) is 3.64. The maximum atomic E-state index is 12.5. The lowest BCUT2D eigenvalue weighted by molar-refractivity contribution is -0.121. The number of amides is 1. The number of aliphatic hydroxyl groups excluding tert-OH is 2. The molecule has 2 rings (SSSR count). The molecular formula is C19H30N2O5. The van der Waals surface area contributed by atoms with Crippen LogP contribution in [0, 0.1) is 5.41 Å². The van der Waals surface area contributed by atoms with Crippen LogP contribution in [-0.2, 0) is 4.79 Å². The largest absolute Gasteiger partial charge is 0.497 e. The van der Waals surface area contributed by atoms with Crippen molar-refractivity contribution in [2.24, 2.45) is 5.41 Å². The van der Waals surface area contributed by atoms with Crippen LogP contribution in [0.25, 0.3) is 0 Å². The molecule has 3 N–H and O–H groups in total. The topological polar surface area (TPSA) is 91.3 Å². The minimum atomic E-state index is -0.549. The van der Waals surface area contributed by atoms with Crippen LogP contribution in [0.4, 0.5) is 5.69 Å². The summed E-state index contributed by atoms with van der Waals surface area (Å²) in [7, 11) is 3.11. The summed E-state index contributed by atoms with van der Waals surface area (Å²) in [5.74, 6) is 1.05. The lowest BCUT2D eigenvalue weighted by atomic mass is 9.74. The van der Waals surface area contributed by atoms with Crippen molar-refractivity contribution in [3.05, 3.63) is 18.2 Å². The molecule has 0 bridgehead atoms. The first-order valence-corrected chi connectivity index (χ1v) is 9.00. The number of hydrogen-bond donors (Lipinski definition) is 3. The number of nitrogens with one attached hydrogen (secondary N) is 1. The Hall–Kier alpha value is -1.83. The first kappa shape index (κ1) is 20.5. The number of rotatable bonds is 8. The number of benzene rings is 1. The van der Waals surface area contributed by atoms with Crippen molar-refractivity contribution in [1.82, 2.24) is 4.90 Å². The van der Waals surface area contributed by atoms with Crippen molar-refractivity contribution >= 4 is 11.6 Å². The van der Waals surface area contributed by atoms with E-state index in [0.29, 0.717) is 36.7 Å². The van der Waals surface area contributed by atoms with Crippen molar-refractivity contribution in [2.45, 2.75) is 32.3 Å². The number of carbonyl (C=O) groups excluding carboxylic acids is 1. The molecule has 0 aliphatic carbocycles. The smallest absolute Gasteiger partial charge is 0.238 e. The van der Waals surface area contributed by atoms with E-state index in [1.54, 1.807) is 32.4 Å². The number of aliphatic hydroxyl groups is 2. The molecule has 0 unspecified atom stereocenters. The van der Waals surface area contributed by atoms with Gasteiger partial charge in [-0.05, 0) is 12.8 Å². The average molecular weight is 366 g/mol. The Morgan fingerprint density at radius 1 is 1.31 bits per heavy atom. The van der Waals surface area contributed by atoms with E-state index in [4.69, 9.17) is 9.47 Å². The van der Waals surface area contributed by atoms with Gasteiger partial charge in [0.25, 0.3) is 0 Å². The van der Waals surface area contributed by atoms with Crippen LogP contribution < -0.4 is 14.8 Å². The highest BCUT2D eigenvalue weighted by molar-refractivity contribution is 5.92. The van der Waals surface area contributed by atoms with E-state index in [1.165, 1.54) is 0 Å². The van der Waals surface area contributed by atoms with Gasteiger partial charge in [0.05, 0.1) is 33.5 Å². The SMILES string of the molecule is CCC[C@]1(CO)CN(CC(=O)Nc2cc(OC)cc(OC)c2)CC[C@@H]1O. The molecule has 1 aromatic rings. The molecule has 1 amide bonds. The van der Waals surface area contributed by atoms with Gasteiger partial charge in [-0.25, -0.2) is 0 Å². The summed E-state index contributed by atoms with van der Waals surface area (Å²) in [6.07, 6.45) is 1.63. The van der Waals surface area contributed by atoms with E-state index in [9.17, 15) is 15.0 Å². The molecule has 1 aromatic carbocycles. The maximum absolute atomic E-state index is 12.5. The van der Waals surface area contributed by atoms with E-state index >= 15 is 0 Å². The van der Waals surface area contributed by atoms with Gasteiger partial charge in [-0.1, -0.05) is 13.3 Å². The molecule has 0 saturated carbocycles. The zero-order valence-electron chi connectivity index (χ0n) is 15.8. The molecule has 1 aliphatic heterocycles. The van der Waals surface area contributed by atoms with Crippen molar-refractivity contribution in [3.63, 3.8) is 0 Å². The van der Waals surface area contributed by atoms with Gasteiger partial charge in [0.15, 0.2) is 0 Å². The Balaban J connectivity index is 2.01. The molecule has 7 heteroatoms. The predicted octanol–water partition coefficient (Wildman–Crippen LogP) is 1.49. The number of ether oxygens (including phenoxy) is 2. The third-order valence-electron chi connectivity index (χ3n) is 5.03. The summed E-state index contributed by atoms with van der Waals surface area (Å²) >= 11 is 0. The van der Waals surface area contributed by atoms with E-state index in [1.807, 2.05) is 11.8 Å². The minimum absolute atomic E-state index is 0.0762. The second kappa shape index (κ2) is 9.21. The quantitative estimate of drug-likeness (QED) is 0.646. The zero-order valence-corrected chi connectivity index (χ0v) is 15.8. The summed E-state index contributed by atoms with van der Waals surface area (Å²) in [6, 6.07) is 5.20. The van der Waals surface area contributed by atoms with Gasteiger partial charge >= 0.3 is 0 Å². The second-order valence-corrected chi connectivity index (χ2v) is 6.94. The molecule has 2 atom stereocenters. The predicted molar refractivity (Wildman–Crippen MR) is 99.7 cm³/mol. The van der Waals surface area contributed by atoms with Crippen molar-refractivity contribution in [2.75, 3.05) is 45.8 Å². The van der Waals surface area contributed by atoms with Gasteiger partial charge in [-0.15, -0.1) is 0 Å². The van der Waals surface area contributed by atoms with Crippen molar-refractivity contribution < 1.29 is 24.5 Å². The Kier molecular flexibility index (Phi) is 7.25. The fraction of sp³-hybridized carbons (Fsp3) is 0.632. The molecule has 1 heterocycles. The van der Waals surface area contributed by atoms with Crippen LogP contribution >= 0.6 is 0 Å². The first-order chi connectivity index (χ1) is 12.5. The minimum Gasteiger partial charge on any atom is -0.497 e. The molecule has 26 heavy (non-hydrogen) atoms. The summed E-state index contributed by atoms with van der Waals surface area (Å²) in [6.45, 7) is 3.30. The molecule has 146 valence electrons. The normalized spacial score (nSPS) is 23.5. The highest BCUT2D eigenvalue weighted by Gasteiger charge is 2.41. The monoisotopic (exact) mass is 366 g/mol. The van der Waals surface area contributed by atoms with E-state index < -0.39 is 11.5 Å². The molecule has 0 spiro atoms. The molecular weight excluding hydrogens is 336 g/mol. The first-order valence-electron chi connectivity index (χ1n) is 9.00. The van der Waals surface area contributed by atoms with Crippen LogP contribution in [0.1, 0.15) is 26.2 Å². The van der Waals surface area contributed by atoms with Gasteiger partial charge in [-0.3, -0.25) is 9.69 Å². The third kappa shape index (κ3) is 4.87. The number of carbonyl (C=O) groups is 1. The van der Waals surface area contributed by atoms with Gasteiger partial charge in [0.1, 0.15) is 11.5 Å². The van der Waals surface area contributed by atoms with Gasteiger partial charge in [0.2, 0.25) is 5.91 Å². The maximum Gasteiger partial charge on any atom is 0.238 e. The highest BCUT2D eigenvalue weighted by Crippen LogP contribution is 2.34. The van der Waals surface area contributed by atoms with Crippen molar-refractivity contribution in [1.29, 1.82) is 0 Å². The van der Waals surface area contributed by atoms with Crippen LogP contribution in [0.5, 0.6) is 11.5 Å². The van der Waals surface area contributed by atoms with Crippen LogP contribution in [0.3, 0.4) is 0 Å². The molecule has 0 radical (unpaired) electrons. The van der Waals surface area contributed by atoms with Crippen LogP contribution in [0.15, 0.2) is 18.2 Å². The zero-order chi connectivity index (χ0) is 19.2. The van der Waals surface area contributed by atoms with Crippen LogP contribution in [0.2, 0.25) is 0 Å². The number of nitrogens with zero attached hydrogens (tertiary/aromatic N) is 1. The Morgan fingerprint density at radius 2 is 1.96 bits per heavy atom. The number of likely N-dealkylation sites (tertiary alicyclic amines) is 1. The summed E-state index contributed by atoms with van der Waals surface area (Å²) in [4.78, 5) is 14.5. The fourth-order valence-electron chi connectivity index (χ4n) is 3.64.